The van der Waals surface area contributed by atoms with Crippen LogP contribution in [0.4, 0.5) is 0 Å². The van der Waals surface area contributed by atoms with Crippen molar-refractivity contribution in [1.29, 1.82) is 0 Å². The van der Waals surface area contributed by atoms with E-state index in [0.29, 0.717) is 5.69 Å². The van der Waals surface area contributed by atoms with Gasteiger partial charge in [0.25, 0.3) is 0 Å². The highest BCUT2D eigenvalue weighted by Crippen LogP contribution is 2.24. The van der Waals surface area contributed by atoms with E-state index in [2.05, 4.69) is 16.9 Å². The van der Waals surface area contributed by atoms with E-state index in [1.54, 1.807) is 7.05 Å². The van der Waals surface area contributed by atoms with Gasteiger partial charge in [0, 0.05) is 12.5 Å². The molecule has 0 unspecified atom stereocenters. The van der Waals surface area contributed by atoms with E-state index < -0.39 is 0 Å². The first-order valence-corrected chi connectivity index (χ1v) is 6.32. The first kappa shape index (κ1) is 15.9. The van der Waals surface area contributed by atoms with Crippen LogP contribution < -0.4 is 5.32 Å². The highest BCUT2D eigenvalue weighted by Gasteiger charge is 2.23. The summed E-state index contributed by atoms with van der Waals surface area (Å²) in [6, 6.07) is 0. The molecule has 0 atom stereocenters. The maximum atomic E-state index is 11.7. The van der Waals surface area contributed by atoms with E-state index >= 15 is 0 Å². The fourth-order valence-electron chi connectivity index (χ4n) is 1.69. The van der Waals surface area contributed by atoms with Crippen LogP contribution in [0.3, 0.4) is 0 Å². The van der Waals surface area contributed by atoms with Crippen molar-refractivity contribution in [3.05, 3.63) is 30.5 Å². The van der Waals surface area contributed by atoms with Crippen molar-refractivity contribution in [2.24, 2.45) is 0 Å². The molecule has 6 heteroatoms. The molecule has 0 radical (unpaired) electrons. The highest BCUT2D eigenvalue weighted by atomic mass is 16.3. The molecule has 0 fully saturated rings. The van der Waals surface area contributed by atoms with Gasteiger partial charge in [0.2, 0.25) is 11.8 Å². The van der Waals surface area contributed by atoms with Gasteiger partial charge in [-0.1, -0.05) is 27.4 Å². The standard InChI is InChI=1S/C14H21N3O3/c1-6-12(19)17(5)8-11(18)15-7-10-13(14(2,3)4)20-9-16-10/h6,9H,1,7-8H2,2-5H3,(H,15,18). The minimum atomic E-state index is -0.294. The molecule has 20 heavy (non-hydrogen) atoms. The lowest BCUT2D eigenvalue weighted by Crippen LogP contribution is -2.37. The zero-order chi connectivity index (χ0) is 15.3. The number of hydrogen-bond acceptors (Lipinski definition) is 4. The van der Waals surface area contributed by atoms with E-state index in [1.165, 1.54) is 17.4 Å². The number of nitrogens with zero attached hydrogens (tertiary/aromatic N) is 2. The molecule has 0 aliphatic rings. The summed E-state index contributed by atoms with van der Waals surface area (Å²) in [7, 11) is 1.54. The Morgan fingerprint density at radius 1 is 1.50 bits per heavy atom. The average Bonchev–Trinajstić information content (AvgIpc) is 2.83. The zero-order valence-electron chi connectivity index (χ0n) is 12.4. The number of aromatic nitrogens is 1. The molecule has 1 N–H and O–H groups in total. The van der Waals surface area contributed by atoms with Crippen LogP contribution in [-0.2, 0) is 21.5 Å². The van der Waals surface area contributed by atoms with Crippen molar-refractivity contribution >= 4 is 11.8 Å². The molecule has 6 nitrogen and oxygen atoms in total. The molecule has 0 saturated carbocycles. The summed E-state index contributed by atoms with van der Waals surface area (Å²) in [6.45, 7) is 9.65. The lowest BCUT2D eigenvalue weighted by atomic mass is 9.92. The molecule has 1 rings (SSSR count). The first-order chi connectivity index (χ1) is 9.25. The van der Waals surface area contributed by atoms with E-state index in [1.807, 2.05) is 20.8 Å². The Kier molecular flexibility index (Phi) is 5.07. The second-order valence-electron chi connectivity index (χ2n) is 5.55. The van der Waals surface area contributed by atoms with Crippen LogP contribution in [0.15, 0.2) is 23.5 Å². The van der Waals surface area contributed by atoms with Crippen molar-refractivity contribution in [2.45, 2.75) is 32.7 Å². The number of rotatable bonds is 5. The molecule has 0 bridgehead atoms. The van der Waals surface area contributed by atoms with Gasteiger partial charge in [0.05, 0.1) is 13.1 Å². The summed E-state index contributed by atoms with van der Waals surface area (Å²) in [6.07, 6.45) is 2.54. The third kappa shape index (κ3) is 4.22. The SMILES string of the molecule is C=CC(=O)N(C)CC(=O)NCc1ncoc1C(C)(C)C. The van der Waals surface area contributed by atoms with Crippen molar-refractivity contribution in [2.75, 3.05) is 13.6 Å². The van der Waals surface area contributed by atoms with Crippen molar-refractivity contribution < 1.29 is 14.0 Å². The number of hydrogen-bond donors (Lipinski definition) is 1. The second-order valence-corrected chi connectivity index (χ2v) is 5.55. The number of likely N-dealkylation sites (N-methyl/N-ethyl adjacent to an activating group) is 1. The van der Waals surface area contributed by atoms with Crippen molar-refractivity contribution in [3.8, 4) is 0 Å². The number of nitrogens with one attached hydrogen (secondary N) is 1. The van der Waals surface area contributed by atoms with Crippen LogP contribution in [0.2, 0.25) is 0 Å². The van der Waals surface area contributed by atoms with Crippen molar-refractivity contribution in [1.82, 2.24) is 15.2 Å². The Morgan fingerprint density at radius 2 is 2.15 bits per heavy atom. The van der Waals surface area contributed by atoms with E-state index in [0.717, 1.165) is 5.76 Å². The molecule has 1 aromatic rings. The molecule has 1 aromatic heterocycles. The second kappa shape index (κ2) is 6.36. The summed E-state index contributed by atoms with van der Waals surface area (Å²) in [5, 5.41) is 2.72. The van der Waals surface area contributed by atoms with Gasteiger partial charge in [0.1, 0.15) is 11.5 Å². The Morgan fingerprint density at radius 3 is 2.70 bits per heavy atom. The van der Waals surface area contributed by atoms with Crippen LogP contribution in [0, 0.1) is 0 Å². The quantitative estimate of drug-likeness (QED) is 0.823. The Balaban J connectivity index is 2.56. The summed E-state index contributed by atoms with van der Waals surface area (Å²) in [4.78, 5) is 28.4. The van der Waals surface area contributed by atoms with Crippen LogP contribution >= 0.6 is 0 Å². The van der Waals surface area contributed by atoms with E-state index in [4.69, 9.17) is 4.42 Å². The van der Waals surface area contributed by atoms with Crippen LogP contribution in [-0.4, -0.2) is 35.3 Å². The summed E-state index contributed by atoms with van der Waals surface area (Å²) in [5.74, 6) is 0.191. The maximum absolute atomic E-state index is 11.7. The average molecular weight is 279 g/mol. The fraction of sp³-hybridized carbons (Fsp3) is 0.500. The van der Waals surface area contributed by atoms with Crippen LogP contribution in [0.1, 0.15) is 32.2 Å². The molecule has 0 saturated heterocycles. The molecular weight excluding hydrogens is 258 g/mol. The first-order valence-electron chi connectivity index (χ1n) is 6.32. The minimum absolute atomic E-state index is 0.0203. The molecule has 110 valence electrons. The molecule has 0 aliphatic carbocycles. The number of carbonyl (C=O) groups excluding carboxylic acids is 2. The van der Waals surface area contributed by atoms with Gasteiger partial charge in [0.15, 0.2) is 6.39 Å². The topological polar surface area (TPSA) is 75.4 Å². The predicted molar refractivity (Wildman–Crippen MR) is 74.9 cm³/mol. The Bertz CT molecular complexity index is 500. The molecule has 2 amide bonds. The largest absolute Gasteiger partial charge is 0.448 e. The van der Waals surface area contributed by atoms with Gasteiger partial charge in [-0.2, -0.15) is 0 Å². The monoisotopic (exact) mass is 279 g/mol. The lowest BCUT2D eigenvalue weighted by molar-refractivity contribution is -0.131. The van der Waals surface area contributed by atoms with Gasteiger partial charge in [-0.3, -0.25) is 9.59 Å². The smallest absolute Gasteiger partial charge is 0.246 e. The maximum Gasteiger partial charge on any atom is 0.246 e. The Labute approximate surface area is 118 Å². The van der Waals surface area contributed by atoms with Gasteiger partial charge >= 0.3 is 0 Å². The summed E-state index contributed by atoms with van der Waals surface area (Å²) >= 11 is 0. The third-order valence-corrected chi connectivity index (χ3v) is 2.71. The van der Waals surface area contributed by atoms with E-state index in [9.17, 15) is 9.59 Å². The zero-order valence-corrected chi connectivity index (χ0v) is 12.4. The molecule has 0 aromatic carbocycles. The summed E-state index contributed by atoms with van der Waals surface area (Å²) in [5.41, 5.74) is 0.523. The van der Waals surface area contributed by atoms with Gasteiger partial charge in [-0.05, 0) is 6.08 Å². The molecular formula is C14H21N3O3. The number of carbonyl (C=O) groups is 2. The normalized spacial score (nSPS) is 11.0. The van der Waals surface area contributed by atoms with Gasteiger partial charge in [-0.15, -0.1) is 0 Å². The highest BCUT2D eigenvalue weighted by molar-refractivity contribution is 5.90. The van der Waals surface area contributed by atoms with Crippen molar-refractivity contribution in [3.63, 3.8) is 0 Å². The molecule has 1 heterocycles. The van der Waals surface area contributed by atoms with Gasteiger partial charge < -0.3 is 14.6 Å². The Hall–Kier alpha value is -2.11. The summed E-state index contributed by atoms with van der Waals surface area (Å²) < 4.78 is 5.36. The minimum Gasteiger partial charge on any atom is -0.448 e. The van der Waals surface area contributed by atoms with Crippen LogP contribution in [0.5, 0.6) is 0 Å². The number of amides is 2. The van der Waals surface area contributed by atoms with E-state index in [-0.39, 0.29) is 30.3 Å². The predicted octanol–water partition coefficient (Wildman–Crippen LogP) is 1.23. The molecule has 0 spiro atoms. The van der Waals surface area contributed by atoms with Gasteiger partial charge in [-0.25, -0.2) is 4.98 Å². The van der Waals surface area contributed by atoms with Crippen LogP contribution in [0.25, 0.3) is 0 Å². The third-order valence-electron chi connectivity index (χ3n) is 2.71. The lowest BCUT2D eigenvalue weighted by Gasteiger charge is -2.17. The fourth-order valence-corrected chi connectivity index (χ4v) is 1.69. The molecule has 0 aliphatic heterocycles. The number of oxazole rings is 1.